The lowest BCUT2D eigenvalue weighted by molar-refractivity contribution is 0.0423. The molecule has 6 heteroatoms. The van der Waals surface area contributed by atoms with Crippen molar-refractivity contribution >= 4 is 21.7 Å². The SMILES string of the molecule is C=C[C@H]1CN(S(=O)(=O)c2ccc(C)cc2)c2ccccc2C(=O)O1. The van der Waals surface area contributed by atoms with Gasteiger partial charge in [0.1, 0.15) is 6.10 Å². The Morgan fingerprint density at radius 3 is 2.50 bits per heavy atom. The maximum absolute atomic E-state index is 13.1. The van der Waals surface area contributed by atoms with Crippen LogP contribution >= 0.6 is 0 Å². The average molecular weight is 343 g/mol. The first-order valence-corrected chi connectivity index (χ1v) is 8.89. The van der Waals surface area contributed by atoms with E-state index >= 15 is 0 Å². The van der Waals surface area contributed by atoms with Gasteiger partial charge in [-0.2, -0.15) is 0 Å². The van der Waals surface area contributed by atoms with Crippen LogP contribution in [0.15, 0.2) is 66.1 Å². The standard InChI is InChI=1S/C18H17NO4S/c1-3-14-12-19(17-7-5-4-6-16(17)18(20)23-14)24(21,22)15-10-8-13(2)9-11-15/h3-11,14H,1,12H2,2H3/t14-/m0/s1. The highest BCUT2D eigenvalue weighted by atomic mass is 32.2. The Bertz CT molecular complexity index is 887. The predicted octanol–water partition coefficient (Wildman–Crippen LogP) is 2.92. The third-order valence-electron chi connectivity index (χ3n) is 3.87. The van der Waals surface area contributed by atoms with E-state index in [4.69, 9.17) is 4.74 Å². The number of ether oxygens (including phenoxy) is 1. The van der Waals surface area contributed by atoms with Crippen LogP contribution in [0.1, 0.15) is 15.9 Å². The van der Waals surface area contributed by atoms with Crippen molar-refractivity contribution in [2.45, 2.75) is 17.9 Å². The van der Waals surface area contributed by atoms with E-state index < -0.39 is 22.1 Å². The fourth-order valence-electron chi connectivity index (χ4n) is 2.55. The third kappa shape index (κ3) is 2.80. The Morgan fingerprint density at radius 2 is 1.83 bits per heavy atom. The molecule has 0 radical (unpaired) electrons. The predicted molar refractivity (Wildman–Crippen MR) is 91.6 cm³/mol. The quantitative estimate of drug-likeness (QED) is 0.635. The van der Waals surface area contributed by atoms with Gasteiger partial charge in [0.25, 0.3) is 10.0 Å². The normalized spacial score (nSPS) is 17.6. The van der Waals surface area contributed by atoms with E-state index in [1.807, 2.05) is 6.92 Å². The molecule has 0 fully saturated rings. The molecule has 0 aromatic heterocycles. The van der Waals surface area contributed by atoms with Crippen LogP contribution in [0.3, 0.4) is 0 Å². The van der Waals surface area contributed by atoms with Gasteiger partial charge in [0.05, 0.1) is 22.7 Å². The fourth-order valence-corrected chi connectivity index (χ4v) is 4.05. The minimum Gasteiger partial charge on any atom is -0.453 e. The van der Waals surface area contributed by atoms with Gasteiger partial charge in [0, 0.05) is 0 Å². The second-order valence-corrected chi connectivity index (χ2v) is 7.41. The molecule has 0 bridgehead atoms. The molecule has 124 valence electrons. The molecule has 2 aromatic rings. The molecular formula is C18H17NO4S. The molecule has 1 heterocycles. The number of hydrogen-bond donors (Lipinski definition) is 0. The van der Waals surface area contributed by atoms with E-state index in [-0.39, 0.29) is 17.0 Å². The van der Waals surface area contributed by atoms with Gasteiger partial charge in [-0.1, -0.05) is 36.4 Å². The van der Waals surface area contributed by atoms with E-state index in [0.717, 1.165) is 5.56 Å². The van der Waals surface area contributed by atoms with E-state index in [0.29, 0.717) is 5.69 Å². The minimum absolute atomic E-state index is 0.0114. The van der Waals surface area contributed by atoms with Gasteiger partial charge in [-0.15, -0.1) is 0 Å². The maximum atomic E-state index is 13.1. The molecule has 0 unspecified atom stereocenters. The van der Waals surface area contributed by atoms with Crippen LogP contribution in [0.5, 0.6) is 0 Å². The zero-order chi connectivity index (χ0) is 17.3. The molecule has 24 heavy (non-hydrogen) atoms. The summed E-state index contributed by atoms with van der Waals surface area (Å²) in [5.74, 6) is -0.558. The minimum atomic E-state index is -3.83. The number of carbonyl (C=O) groups excluding carboxylic acids is 1. The van der Waals surface area contributed by atoms with E-state index in [9.17, 15) is 13.2 Å². The summed E-state index contributed by atoms with van der Waals surface area (Å²) < 4.78 is 32.7. The molecule has 0 amide bonds. The Balaban J connectivity index is 2.16. The Morgan fingerprint density at radius 1 is 1.17 bits per heavy atom. The van der Waals surface area contributed by atoms with Crippen molar-refractivity contribution in [1.82, 2.24) is 0 Å². The van der Waals surface area contributed by atoms with Crippen molar-refractivity contribution in [3.8, 4) is 0 Å². The largest absolute Gasteiger partial charge is 0.453 e. The summed E-state index contributed by atoms with van der Waals surface area (Å²) >= 11 is 0. The molecule has 0 aliphatic carbocycles. The number of benzene rings is 2. The van der Waals surface area contributed by atoms with Gasteiger partial charge < -0.3 is 4.74 Å². The topological polar surface area (TPSA) is 63.7 Å². The highest BCUT2D eigenvalue weighted by Gasteiger charge is 2.34. The van der Waals surface area contributed by atoms with Crippen molar-refractivity contribution in [1.29, 1.82) is 0 Å². The smallest absolute Gasteiger partial charge is 0.340 e. The number of nitrogens with zero attached hydrogens (tertiary/aromatic N) is 1. The summed E-state index contributed by atoms with van der Waals surface area (Å²) in [5.41, 5.74) is 1.50. The molecule has 2 aromatic carbocycles. The van der Waals surface area contributed by atoms with Gasteiger partial charge >= 0.3 is 5.97 Å². The van der Waals surface area contributed by atoms with Gasteiger partial charge in [-0.05, 0) is 37.3 Å². The number of para-hydroxylation sites is 1. The molecule has 5 nitrogen and oxygen atoms in total. The number of sulfonamides is 1. The molecule has 0 saturated heterocycles. The van der Waals surface area contributed by atoms with Crippen LogP contribution in [0.4, 0.5) is 5.69 Å². The van der Waals surface area contributed by atoms with Crippen molar-refractivity contribution in [2.24, 2.45) is 0 Å². The van der Waals surface area contributed by atoms with Crippen molar-refractivity contribution in [2.75, 3.05) is 10.8 Å². The van der Waals surface area contributed by atoms with Gasteiger partial charge in [-0.25, -0.2) is 13.2 Å². The molecule has 3 rings (SSSR count). The van der Waals surface area contributed by atoms with E-state index in [2.05, 4.69) is 6.58 Å². The molecule has 1 aliphatic rings. The summed E-state index contributed by atoms with van der Waals surface area (Å²) in [7, 11) is -3.83. The lowest BCUT2D eigenvalue weighted by Gasteiger charge is -2.25. The first kappa shape index (κ1) is 16.3. The van der Waals surface area contributed by atoms with Crippen molar-refractivity contribution in [3.63, 3.8) is 0 Å². The molecule has 0 N–H and O–H groups in total. The Hall–Kier alpha value is -2.60. The summed E-state index contributed by atoms with van der Waals surface area (Å²) in [6.45, 7) is 5.50. The van der Waals surface area contributed by atoms with Crippen LogP contribution in [0.2, 0.25) is 0 Å². The summed E-state index contributed by atoms with van der Waals surface area (Å²) in [6.07, 6.45) is 0.715. The first-order valence-electron chi connectivity index (χ1n) is 7.45. The molecule has 0 spiro atoms. The van der Waals surface area contributed by atoms with E-state index in [1.54, 1.807) is 48.5 Å². The van der Waals surface area contributed by atoms with Crippen LogP contribution in [0, 0.1) is 6.92 Å². The number of cyclic esters (lactones) is 1. The number of carbonyl (C=O) groups is 1. The average Bonchev–Trinajstić information content (AvgIpc) is 2.72. The van der Waals surface area contributed by atoms with Crippen molar-refractivity contribution in [3.05, 3.63) is 72.3 Å². The fraction of sp³-hybridized carbons (Fsp3) is 0.167. The van der Waals surface area contributed by atoms with Crippen LogP contribution in [0.25, 0.3) is 0 Å². The second kappa shape index (κ2) is 6.13. The monoisotopic (exact) mass is 343 g/mol. The van der Waals surface area contributed by atoms with E-state index in [1.165, 1.54) is 10.4 Å². The highest BCUT2D eigenvalue weighted by Crippen LogP contribution is 2.31. The first-order chi connectivity index (χ1) is 11.4. The Kier molecular flexibility index (Phi) is 4.15. The number of rotatable bonds is 3. The lowest BCUT2D eigenvalue weighted by Crippen LogP contribution is -2.36. The van der Waals surface area contributed by atoms with Crippen molar-refractivity contribution < 1.29 is 17.9 Å². The summed E-state index contributed by atoms with van der Waals surface area (Å²) in [4.78, 5) is 12.4. The molecule has 1 aliphatic heterocycles. The molecule has 1 atom stereocenters. The number of esters is 1. The molecular weight excluding hydrogens is 326 g/mol. The number of hydrogen-bond acceptors (Lipinski definition) is 4. The summed E-state index contributed by atoms with van der Waals surface area (Å²) in [6, 6.07) is 13.1. The van der Waals surface area contributed by atoms with Crippen LogP contribution in [-0.4, -0.2) is 27.0 Å². The number of anilines is 1. The summed E-state index contributed by atoms with van der Waals surface area (Å²) in [5, 5.41) is 0. The number of aryl methyl sites for hydroxylation is 1. The molecule has 0 saturated carbocycles. The zero-order valence-electron chi connectivity index (χ0n) is 13.2. The van der Waals surface area contributed by atoms with Gasteiger partial charge in [0.2, 0.25) is 0 Å². The third-order valence-corrected chi connectivity index (χ3v) is 5.66. The Labute approximate surface area is 141 Å². The van der Waals surface area contributed by atoms with Crippen LogP contribution in [-0.2, 0) is 14.8 Å². The maximum Gasteiger partial charge on any atom is 0.340 e. The highest BCUT2D eigenvalue weighted by molar-refractivity contribution is 7.92. The number of fused-ring (bicyclic) bond motifs is 1. The van der Waals surface area contributed by atoms with Crippen LogP contribution < -0.4 is 4.31 Å². The zero-order valence-corrected chi connectivity index (χ0v) is 14.0. The van der Waals surface area contributed by atoms with Gasteiger partial charge in [0.15, 0.2) is 0 Å². The lowest BCUT2D eigenvalue weighted by atomic mass is 10.2. The second-order valence-electron chi connectivity index (χ2n) is 5.55. The van der Waals surface area contributed by atoms with Gasteiger partial charge in [-0.3, -0.25) is 4.31 Å².